The Labute approximate surface area is 197 Å². The van der Waals surface area contributed by atoms with Crippen LogP contribution in [0.2, 0.25) is 0 Å². The van der Waals surface area contributed by atoms with Crippen LogP contribution >= 0.6 is 11.3 Å². The topological polar surface area (TPSA) is 100 Å². The van der Waals surface area contributed by atoms with Crippen molar-refractivity contribution >= 4 is 33.4 Å². The highest BCUT2D eigenvalue weighted by Gasteiger charge is 2.24. The molecule has 0 spiro atoms. The van der Waals surface area contributed by atoms with E-state index in [2.05, 4.69) is 20.3 Å². The van der Waals surface area contributed by atoms with E-state index in [1.54, 1.807) is 6.08 Å². The van der Waals surface area contributed by atoms with E-state index >= 15 is 0 Å². The summed E-state index contributed by atoms with van der Waals surface area (Å²) in [5.41, 5.74) is 2.36. The first-order valence-electron chi connectivity index (χ1n) is 11.2. The van der Waals surface area contributed by atoms with Crippen LogP contribution < -0.4 is 10.2 Å². The number of ether oxygens (including phenoxy) is 1. The number of fused-ring (bicyclic) bond motifs is 1. The molecule has 1 unspecified atom stereocenters. The number of alkyl halides is 1. The summed E-state index contributed by atoms with van der Waals surface area (Å²) in [7, 11) is 0. The van der Waals surface area contributed by atoms with E-state index in [9.17, 15) is 14.3 Å². The summed E-state index contributed by atoms with van der Waals surface area (Å²) in [5, 5.41) is 12.9. The van der Waals surface area contributed by atoms with E-state index in [0.717, 1.165) is 24.1 Å². The highest BCUT2D eigenvalue weighted by atomic mass is 32.1. The zero-order chi connectivity index (χ0) is 23.8. The number of hydrogen-bond donors (Lipinski definition) is 2. The molecule has 1 amide bonds. The standard InChI is InChI=1S/C23H32FN5O3S/c1-4-16(3)29(13-17(6-10-30)15(2)5-9-24)20-19-22(26-14-25-20)33-23(28-19)21(31)27-18-7-11-32-12-8-18/h4-5,14,17-18,30H,6-13H2,1-3H3,(H,27,31)/b15-5+,16-4+. The van der Waals surface area contributed by atoms with Gasteiger partial charge in [-0.05, 0) is 46.0 Å². The fraction of sp³-hybridized carbons (Fsp3) is 0.565. The summed E-state index contributed by atoms with van der Waals surface area (Å²) in [4.78, 5) is 28.9. The zero-order valence-electron chi connectivity index (χ0n) is 19.4. The van der Waals surface area contributed by atoms with Crippen molar-refractivity contribution in [3.63, 3.8) is 0 Å². The van der Waals surface area contributed by atoms with E-state index in [1.165, 1.54) is 17.7 Å². The molecule has 180 valence electrons. The van der Waals surface area contributed by atoms with Crippen molar-refractivity contribution in [1.29, 1.82) is 0 Å². The number of carbonyl (C=O) groups excluding carboxylic acids is 1. The van der Waals surface area contributed by atoms with Gasteiger partial charge in [-0.25, -0.2) is 19.3 Å². The lowest BCUT2D eigenvalue weighted by atomic mass is 9.96. The molecule has 8 nitrogen and oxygen atoms in total. The Kier molecular flexibility index (Phi) is 9.28. The summed E-state index contributed by atoms with van der Waals surface area (Å²) in [6, 6.07) is 0.0788. The van der Waals surface area contributed by atoms with Crippen molar-refractivity contribution in [3.8, 4) is 0 Å². The molecule has 1 saturated heterocycles. The second-order valence-electron chi connectivity index (χ2n) is 8.08. The average Bonchev–Trinajstić information content (AvgIpc) is 3.27. The maximum Gasteiger partial charge on any atom is 0.280 e. The molecule has 33 heavy (non-hydrogen) atoms. The number of hydrogen-bond acceptors (Lipinski definition) is 8. The molecular weight excluding hydrogens is 445 g/mol. The summed E-state index contributed by atoms with van der Waals surface area (Å²) < 4.78 is 18.3. The molecular formula is C23H32FN5O3S. The maximum absolute atomic E-state index is 12.9. The Morgan fingerprint density at radius 3 is 2.82 bits per heavy atom. The van der Waals surface area contributed by atoms with Gasteiger partial charge in [-0.1, -0.05) is 29.1 Å². The Morgan fingerprint density at radius 2 is 2.15 bits per heavy atom. The normalized spacial score (nSPS) is 16.8. The Hall–Kier alpha value is -2.43. The van der Waals surface area contributed by atoms with Gasteiger partial charge in [0.1, 0.15) is 23.3 Å². The number of nitrogens with one attached hydrogen (secondary N) is 1. The van der Waals surface area contributed by atoms with Gasteiger partial charge in [-0.2, -0.15) is 0 Å². The number of amides is 1. The summed E-state index contributed by atoms with van der Waals surface area (Å²) in [5.74, 6) is 0.304. The first-order valence-corrected chi connectivity index (χ1v) is 12.0. The second-order valence-corrected chi connectivity index (χ2v) is 9.06. The fourth-order valence-corrected chi connectivity index (χ4v) is 4.61. The molecule has 3 heterocycles. The van der Waals surface area contributed by atoms with Crippen LogP contribution in [0.4, 0.5) is 10.2 Å². The Morgan fingerprint density at radius 1 is 1.39 bits per heavy atom. The van der Waals surface area contributed by atoms with E-state index in [4.69, 9.17) is 4.74 Å². The van der Waals surface area contributed by atoms with Gasteiger partial charge in [0.15, 0.2) is 10.8 Å². The number of nitrogens with zero attached hydrogens (tertiary/aromatic N) is 4. The molecule has 1 fully saturated rings. The molecule has 1 aliphatic rings. The third-order valence-electron chi connectivity index (χ3n) is 5.95. The van der Waals surface area contributed by atoms with Gasteiger partial charge < -0.3 is 20.1 Å². The number of aromatic nitrogens is 3. The van der Waals surface area contributed by atoms with Crippen LogP contribution in [0.3, 0.4) is 0 Å². The van der Waals surface area contributed by atoms with Crippen molar-refractivity contribution in [3.05, 3.63) is 34.8 Å². The summed E-state index contributed by atoms with van der Waals surface area (Å²) in [6.45, 7) is 6.99. The number of halogens is 1. The van der Waals surface area contributed by atoms with Gasteiger partial charge in [-0.3, -0.25) is 4.79 Å². The van der Waals surface area contributed by atoms with Crippen molar-refractivity contribution in [2.75, 3.05) is 37.9 Å². The predicted octanol–water partition coefficient (Wildman–Crippen LogP) is 3.64. The van der Waals surface area contributed by atoms with Crippen molar-refractivity contribution in [2.45, 2.75) is 46.1 Å². The van der Waals surface area contributed by atoms with Crippen LogP contribution in [-0.4, -0.2) is 65.0 Å². The van der Waals surface area contributed by atoms with E-state index < -0.39 is 6.67 Å². The van der Waals surface area contributed by atoms with Crippen LogP contribution in [0, 0.1) is 5.92 Å². The molecule has 2 aromatic rings. The Bertz CT molecular complexity index is 1000. The highest BCUT2D eigenvalue weighted by Crippen LogP contribution is 2.31. The minimum absolute atomic E-state index is 0.00271. The molecule has 0 aliphatic carbocycles. The third kappa shape index (κ3) is 6.33. The maximum atomic E-state index is 12.9. The van der Waals surface area contributed by atoms with Crippen LogP contribution in [0.1, 0.15) is 49.8 Å². The molecule has 0 saturated carbocycles. The minimum Gasteiger partial charge on any atom is -0.396 e. The lowest BCUT2D eigenvalue weighted by Crippen LogP contribution is -2.38. The Balaban J connectivity index is 1.92. The molecule has 0 bridgehead atoms. The number of anilines is 1. The molecule has 1 atom stereocenters. The van der Waals surface area contributed by atoms with Crippen LogP contribution in [0.25, 0.3) is 10.3 Å². The average molecular weight is 478 g/mol. The molecule has 0 radical (unpaired) electrons. The lowest BCUT2D eigenvalue weighted by Gasteiger charge is -2.29. The number of allylic oxidation sites excluding steroid dienone is 3. The number of rotatable bonds is 10. The van der Waals surface area contributed by atoms with Gasteiger partial charge in [0.05, 0.1) is 0 Å². The van der Waals surface area contributed by atoms with Gasteiger partial charge in [-0.15, -0.1) is 0 Å². The molecule has 10 heteroatoms. The first kappa shape index (κ1) is 25.2. The highest BCUT2D eigenvalue weighted by molar-refractivity contribution is 7.19. The zero-order valence-corrected chi connectivity index (χ0v) is 20.2. The molecule has 0 aromatic carbocycles. The van der Waals surface area contributed by atoms with Crippen molar-refractivity contribution in [2.24, 2.45) is 5.92 Å². The quantitative estimate of drug-likeness (QED) is 0.504. The largest absolute Gasteiger partial charge is 0.396 e. The number of thiazole rings is 1. The number of aliphatic hydroxyl groups excluding tert-OH is 1. The molecule has 1 aliphatic heterocycles. The number of carbonyl (C=O) groups is 1. The van der Waals surface area contributed by atoms with Crippen molar-refractivity contribution < 1.29 is 19.0 Å². The van der Waals surface area contributed by atoms with E-state index in [1.807, 2.05) is 31.7 Å². The molecule has 2 aromatic heterocycles. The molecule has 3 rings (SSSR count). The van der Waals surface area contributed by atoms with Gasteiger partial charge in [0, 0.05) is 38.1 Å². The minimum atomic E-state index is -0.550. The van der Waals surface area contributed by atoms with Crippen molar-refractivity contribution in [1.82, 2.24) is 20.3 Å². The SMILES string of the molecule is C/C=C(\C)N(CC(CCO)/C(C)=C/CF)c1ncnc2sc(C(=O)NC3CCOCC3)nc12. The summed E-state index contributed by atoms with van der Waals surface area (Å²) >= 11 is 1.24. The first-order chi connectivity index (χ1) is 16.0. The van der Waals surface area contributed by atoms with E-state index in [-0.39, 0.29) is 24.5 Å². The van der Waals surface area contributed by atoms with E-state index in [0.29, 0.717) is 47.4 Å². The van der Waals surface area contributed by atoms with Gasteiger partial charge in [0.25, 0.3) is 5.91 Å². The summed E-state index contributed by atoms with van der Waals surface area (Å²) in [6.07, 6.45) is 7.04. The second kappa shape index (κ2) is 12.2. The molecule has 2 N–H and O–H groups in total. The van der Waals surface area contributed by atoms with Crippen LogP contribution in [-0.2, 0) is 4.74 Å². The predicted molar refractivity (Wildman–Crippen MR) is 128 cm³/mol. The fourth-order valence-electron chi connectivity index (χ4n) is 3.81. The van der Waals surface area contributed by atoms with Gasteiger partial charge >= 0.3 is 0 Å². The number of aliphatic hydroxyl groups is 1. The van der Waals surface area contributed by atoms with Gasteiger partial charge in [0.2, 0.25) is 0 Å². The monoisotopic (exact) mass is 477 g/mol. The third-order valence-corrected chi connectivity index (χ3v) is 6.91. The smallest absolute Gasteiger partial charge is 0.280 e. The van der Waals surface area contributed by atoms with Crippen LogP contribution in [0.15, 0.2) is 29.7 Å². The van der Waals surface area contributed by atoms with Crippen LogP contribution in [0.5, 0.6) is 0 Å². The lowest BCUT2D eigenvalue weighted by molar-refractivity contribution is 0.0696.